The van der Waals surface area contributed by atoms with Crippen LogP contribution in [0.3, 0.4) is 0 Å². The fourth-order valence-electron chi connectivity index (χ4n) is 3.28. The maximum Gasteiger partial charge on any atom is 0.416 e. The number of benzene rings is 1. The quantitative estimate of drug-likeness (QED) is 0.916. The maximum absolute atomic E-state index is 13.0. The second-order valence-electron chi connectivity index (χ2n) is 6.34. The predicted molar refractivity (Wildman–Crippen MR) is 81.1 cm³/mol. The van der Waals surface area contributed by atoms with Crippen LogP contribution in [0.5, 0.6) is 0 Å². The lowest BCUT2D eigenvalue weighted by molar-refractivity contribution is -0.138. The predicted octanol–water partition coefficient (Wildman–Crippen LogP) is 2.55. The summed E-state index contributed by atoms with van der Waals surface area (Å²) >= 11 is 0. The third kappa shape index (κ3) is 3.55. The van der Waals surface area contributed by atoms with Crippen LogP contribution in [0.1, 0.15) is 36.3 Å². The van der Waals surface area contributed by atoms with E-state index in [4.69, 9.17) is 0 Å². The Bertz CT molecular complexity index is 639. The zero-order valence-corrected chi connectivity index (χ0v) is 13.1. The molecule has 7 heteroatoms. The van der Waals surface area contributed by atoms with E-state index in [-0.39, 0.29) is 23.9 Å². The standard InChI is InChI=1S/C17H19F3N2O2/c18-17(19,20)14-6-2-1-5-11(14)12-9-13(12)16(24)21-10-15(23)22-7-3-4-8-22/h1-2,5-6,12-13H,3-4,7-10H2,(H,21,24). The summed E-state index contributed by atoms with van der Waals surface area (Å²) in [5.41, 5.74) is -0.519. The molecule has 24 heavy (non-hydrogen) atoms. The molecule has 2 atom stereocenters. The molecule has 0 bridgehead atoms. The lowest BCUT2D eigenvalue weighted by atomic mass is 10.0. The Morgan fingerprint density at radius 1 is 1.17 bits per heavy atom. The molecule has 0 radical (unpaired) electrons. The van der Waals surface area contributed by atoms with Crippen LogP contribution in [0.15, 0.2) is 24.3 Å². The number of carbonyl (C=O) groups excluding carboxylic acids is 2. The molecule has 0 spiro atoms. The van der Waals surface area contributed by atoms with Crippen molar-refractivity contribution in [1.29, 1.82) is 0 Å². The van der Waals surface area contributed by atoms with E-state index >= 15 is 0 Å². The molecule has 2 unspecified atom stereocenters. The molecule has 1 heterocycles. The van der Waals surface area contributed by atoms with Gasteiger partial charge in [0.1, 0.15) is 0 Å². The fourth-order valence-corrected chi connectivity index (χ4v) is 3.28. The van der Waals surface area contributed by atoms with Crippen LogP contribution in [0, 0.1) is 5.92 Å². The third-order valence-electron chi connectivity index (χ3n) is 4.67. The van der Waals surface area contributed by atoms with Gasteiger partial charge in [0.2, 0.25) is 11.8 Å². The summed E-state index contributed by atoms with van der Waals surface area (Å²) in [7, 11) is 0. The minimum absolute atomic E-state index is 0.0804. The fraction of sp³-hybridized carbons (Fsp3) is 0.529. The van der Waals surface area contributed by atoms with Crippen LogP contribution in [-0.4, -0.2) is 36.3 Å². The normalized spacial score (nSPS) is 23.2. The Morgan fingerprint density at radius 2 is 1.83 bits per heavy atom. The molecule has 0 aromatic heterocycles. The molecule has 130 valence electrons. The summed E-state index contributed by atoms with van der Waals surface area (Å²) in [6.45, 7) is 1.34. The average molecular weight is 340 g/mol. The van der Waals surface area contributed by atoms with Gasteiger partial charge in [0, 0.05) is 19.0 Å². The summed E-state index contributed by atoms with van der Waals surface area (Å²) in [5, 5.41) is 2.57. The van der Waals surface area contributed by atoms with Crippen molar-refractivity contribution in [3.05, 3.63) is 35.4 Å². The molecule has 3 rings (SSSR count). The van der Waals surface area contributed by atoms with Crippen LogP contribution in [0.2, 0.25) is 0 Å². The lowest BCUT2D eigenvalue weighted by Crippen LogP contribution is -2.39. The summed E-state index contributed by atoms with van der Waals surface area (Å²) < 4.78 is 39.1. The number of amides is 2. The molecule has 2 fully saturated rings. The first-order chi connectivity index (χ1) is 11.4. The number of nitrogens with zero attached hydrogens (tertiary/aromatic N) is 1. The van der Waals surface area contributed by atoms with E-state index in [0.717, 1.165) is 18.9 Å². The smallest absolute Gasteiger partial charge is 0.347 e. The van der Waals surface area contributed by atoms with Gasteiger partial charge >= 0.3 is 6.18 Å². The number of likely N-dealkylation sites (tertiary alicyclic amines) is 1. The highest BCUT2D eigenvalue weighted by Gasteiger charge is 2.47. The zero-order chi connectivity index (χ0) is 17.3. The average Bonchev–Trinajstić information content (AvgIpc) is 3.16. The van der Waals surface area contributed by atoms with Gasteiger partial charge in [-0.1, -0.05) is 18.2 Å². The summed E-state index contributed by atoms with van der Waals surface area (Å²) in [4.78, 5) is 25.7. The van der Waals surface area contributed by atoms with Crippen LogP contribution in [-0.2, 0) is 15.8 Å². The number of carbonyl (C=O) groups is 2. The van der Waals surface area contributed by atoms with Gasteiger partial charge in [0.25, 0.3) is 0 Å². The monoisotopic (exact) mass is 340 g/mol. The van der Waals surface area contributed by atoms with Crippen LogP contribution < -0.4 is 5.32 Å². The van der Waals surface area contributed by atoms with Crippen molar-refractivity contribution in [2.45, 2.75) is 31.4 Å². The van der Waals surface area contributed by atoms with Gasteiger partial charge < -0.3 is 10.2 Å². The second kappa shape index (κ2) is 6.45. The van der Waals surface area contributed by atoms with E-state index in [1.165, 1.54) is 12.1 Å². The van der Waals surface area contributed by atoms with E-state index in [0.29, 0.717) is 19.5 Å². The van der Waals surface area contributed by atoms with E-state index in [1.54, 1.807) is 11.0 Å². The molecule has 2 aliphatic rings. The van der Waals surface area contributed by atoms with Gasteiger partial charge in [-0.05, 0) is 36.8 Å². The Morgan fingerprint density at radius 3 is 2.50 bits per heavy atom. The molecule has 1 aromatic carbocycles. The highest BCUT2D eigenvalue weighted by molar-refractivity contribution is 5.88. The van der Waals surface area contributed by atoms with Crippen LogP contribution >= 0.6 is 0 Å². The van der Waals surface area contributed by atoms with Crippen LogP contribution in [0.25, 0.3) is 0 Å². The SMILES string of the molecule is O=C(NCC(=O)N1CCCC1)C1CC1c1ccccc1C(F)(F)F. The van der Waals surface area contributed by atoms with E-state index < -0.39 is 23.6 Å². The topological polar surface area (TPSA) is 49.4 Å². The van der Waals surface area contributed by atoms with Crippen molar-refractivity contribution in [3.8, 4) is 0 Å². The highest BCUT2D eigenvalue weighted by Crippen LogP contribution is 2.50. The summed E-state index contributed by atoms with van der Waals surface area (Å²) in [5.74, 6) is -1.39. The number of nitrogens with one attached hydrogen (secondary N) is 1. The van der Waals surface area contributed by atoms with Crippen molar-refractivity contribution in [2.24, 2.45) is 5.92 Å². The third-order valence-corrected chi connectivity index (χ3v) is 4.67. The minimum atomic E-state index is -4.42. The van der Waals surface area contributed by atoms with Gasteiger partial charge in [-0.2, -0.15) is 13.2 Å². The molecule has 4 nitrogen and oxygen atoms in total. The molecule has 1 aliphatic carbocycles. The first-order valence-corrected chi connectivity index (χ1v) is 8.09. The zero-order valence-electron chi connectivity index (χ0n) is 13.1. The molecule has 1 saturated heterocycles. The van der Waals surface area contributed by atoms with Crippen molar-refractivity contribution in [1.82, 2.24) is 10.2 Å². The molecular weight excluding hydrogens is 321 g/mol. The lowest BCUT2D eigenvalue weighted by Gasteiger charge is -2.15. The molecular formula is C17H19F3N2O2. The van der Waals surface area contributed by atoms with Gasteiger partial charge in [-0.15, -0.1) is 0 Å². The van der Waals surface area contributed by atoms with Crippen molar-refractivity contribution >= 4 is 11.8 Å². The first-order valence-electron chi connectivity index (χ1n) is 8.09. The highest BCUT2D eigenvalue weighted by atomic mass is 19.4. The first kappa shape index (κ1) is 16.8. The molecule has 1 saturated carbocycles. The molecule has 1 aliphatic heterocycles. The minimum Gasteiger partial charge on any atom is -0.347 e. The molecule has 1 N–H and O–H groups in total. The van der Waals surface area contributed by atoms with E-state index in [1.807, 2.05) is 0 Å². The summed E-state index contributed by atoms with van der Waals surface area (Å²) in [6, 6.07) is 5.36. The Hall–Kier alpha value is -2.05. The van der Waals surface area contributed by atoms with Crippen LogP contribution in [0.4, 0.5) is 13.2 Å². The number of hydrogen-bond donors (Lipinski definition) is 1. The van der Waals surface area contributed by atoms with Gasteiger partial charge in [0.15, 0.2) is 0 Å². The Balaban J connectivity index is 1.57. The number of alkyl halides is 3. The maximum atomic E-state index is 13.0. The van der Waals surface area contributed by atoms with Crippen molar-refractivity contribution < 1.29 is 22.8 Å². The van der Waals surface area contributed by atoms with Crippen molar-refractivity contribution in [3.63, 3.8) is 0 Å². The van der Waals surface area contributed by atoms with E-state index in [2.05, 4.69) is 5.32 Å². The van der Waals surface area contributed by atoms with Gasteiger partial charge in [0.05, 0.1) is 12.1 Å². The number of rotatable bonds is 4. The second-order valence-corrected chi connectivity index (χ2v) is 6.34. The number of halogens is 3. The number of hydrogen-bond acceptors (Lipinski definition) is 2. The molecule has 2 amide bonds. The van der Waals surface area contributed by atoms with Crippen molar-refractivity contribution in [2.75, 3.05) is 19.6 Å². The largest absolute Gasteiger partial charge is 0.416 e. The Labute approximate surface area is 138 Å². The molecule has 1 aromatic rings. The summed E-state index contributed by atoms with van der Waals surface area (Å²) in [6.07, 6.45) is -2.10. The Kier molecular flexibility index (Phi) is 4.51. The van der Waals surface area contributed by atoms with Gasteiger partial charge in [-0.3, -0.25) is 9.59 Å². The van der Waals surface area contributed by atoms with E-state index in [9.17, 15) is 22.8 Å². The van der Waals surface area contributed by atoms with Gasteiger partial charge in [-0.25, -0.2) is 0 Å².